The van der Waals surface area contributed by atoms with Gasteiger partial charge in [0.1, 0.15) is 0 Å². The predicted molar refractivity (Wildman–Crippen MR) is 95.3 cm³/mol. The van der Waals surface area contributed by atoms with Gasteiger partial charge in [0.25, 0.3) is 0 Å². The molecule has 0 spiro atoms. The van der Waals surface area contributed by atoms with Gasteiger partial charge < -0.3 is 5.11 Å². The number of thioether (sulfide) groups is 1. The van der Waals surface area contributed by atoms with E-state index in [0.717, 1.165) is 12.8 Å². The number of rotatable bonds is 2. The van der Waals surface area contributed by atoms with Gasteiger partial charge in [-0.3, -0.25) is 0 Å². The summed E-state index contributed by atoms with van der Waals surface area (Å²) in [6, 6.07) is 17.5. The zero-order chi connectivity index (χ0) is 15.7. The minimum absolute atomic E-state index is 0.357. The van der Waals surface area contributed by atoms with Gasteiger partial charge in [-0.05, 0) is 44.7 Å². The lowest BCUT2D eigenvalue weighted by Crippen LogP contribution is -2.32. The van der Waals surface area contributed by atoms with Gasteiger partial charge in [-0.25, -0.2) is 0 Å². The van der Waals surface area contributed by atoms with Crippen molar-refractivity contribution in [3.05, 3.63) is 70.8 Å². The third kappa shape index (κ3) is 3.56. The van der Waals surface area contributed by atoms with Crippen LogP contribution in [0.2, 0.25) is 0 Å². The van der Waals surface area contributed by atoms with Crippen LogP contribution in [0.5, 0.6) is 0 Å². The van der Waals surface area contributed by atoms with Gasteiger partial charge in [-0.2, -0.15) is 0 Å². The lowest BCUT2D eigenvalue weighted by Gasteiger charge is -2.39. The molecule has 1 saturated heterocycles. The van der Waals surface area contributed by atoms with E-state index in [9.17, 15) is 5.11 Å². The van der Waals surface area contributed by atoms with Crippen LogP contribution in [0.25, 0.3) is 0 Å². The van der Waals surface area contributed by atoms with E-state index >= 15 is 0 Å². The average Bonchev–Trinajstić information content (AvgIpc) is 2.47. The first kappa shape index (κ1) is 15.6. The van der Waals surface area contributed by atoms with Crippen molar-refractivity contribution in [3.8, 4) is 0 Å². The zero-order valence-electron chi connectivity index (χ0n) is 13.5. The minimum Gasteiger partial charge on any atom is -0.390 e. The van der Waals surface area contributed by atoms with Crippen molar-refractivity contribution in [2.45, 2.75) is 49.7 Å². The molecule has 1 aliphatic heterocycles. The molecular formula is C20H24OS. The molecule has 0 aliphatic carbocycles. The largest absolute Gasteiger partial charge is 0.390 e. The van der Waals surface area contributed by atoms with Crippen molar-refractivity contribution in [3.63, 3.8) is 0 Å². The summed E-state index contributed by atoms with van der Waals surface area (Å²) < 4.78 is 0. The Morgan fingerprint density at radius 2 is 1.18 bits per heavy atom. The molecule has 2 atom stereocenters. The van der Waals surface area contributed by atoms with Gasteiger partial charge in [0.05, 0.1) is 5.60 Å². The SMILES string of the molecule is Cc1ccc([C@H]2CC(C)(O)C[C@H](c3ccc(C)cc3)S2)cc1. The van der Waals surface area contributed by atoms with Crippen LogP contribution >= 0.6 is 11.8 Å². The molecule has 1 heterocycles. The Balaban J connectivity index is 1.86. The van der Waals surface area contributed by atoms with Crippen LogP contribution in [0.4, 0.5) is 0 Å². The fourth-order valence-corrected chi connectivity index (χ4v) is 5.07. The van der Waals surface area contributed by atoms with Crippen LogP contribution in [-0.2, 0) is 0 Å². The Hall–Kier alpha value is -1.25. The highest BCUT2D eigenvalue weighted by Gasteiger charge is 2.37. The quantitative estimate of drug-likeness (QED) is 0.805. The fourth-order valence-electron chi connectivity index (χ4n) is 3.13. The minimum atomic E-state index is -0.601. The summed E-state index contributed by atoms with van der Waals surface area (Å²) in [7, 11) is 0. The molecule has 0 aromatic heterocycles. The molecule has 0 unspecified atom stereocenters. The van der Waals surface area contributed by atoms with Crippen LogP contribution in [0.1, 0.15) is 52.5 Å². The summed E-state index contributed by atoms with van der Waals surface area (Å²) in [4.78, 5) is 0. The summed E-state index contributed by atoms with van der Waals surface area (Å²) in [5, 5.41) is 11.4. The Morgan fingerprint density at radius 3 is 1.55 bits per heavy atom. The highest BCUT2D eigenvalue weighted by molar-refractivity contribution is 7.99. The van der Waals surface area contributed by atoms with E-state index in [-0.39, 0.29) is 0 Å². The molecule has 0 amide bonds. The Morgan fingerprint density at radius 1 is 0.818 bits per heavy atom. The molecule has 0 bridgehead atoms. The van der Waals surface area contributed by atoms with E-state index in [4.69, 9.17) is 0 Å². The summed E-state index contributed by atoms with van der Waals surface area (Å²) in [5.41, 5.74) is 4.62. The van der Waals surface area contributed by atoms with Crippen LogP contribution in [0.15, 0.2) is 48.5 Å². The molecule has 1 aliphatic rings. The molecule has 116 valence electrons. The smallest absolute Gasteiger partial charge is 0.0647 e. The summed E-state index contributed by atoms with van der Waals surface area (Å²) >= 11 is 1.99. The van der Waals surface area contributed by atoms with E-state index in [2.05, 4.69) is 62.4 Å². The first-order chi connectivity index (χ1) is 10.4. The Bertz CT molecular complexity index is 572. The second-order valence-corrected chi connectivity index (χ2v) is 8.25. The van der Waals surface area contributed by atoms with Crippen molar-refractivity contribution < 1.29 is 5.11 Å². The fraction of sp³-hybridized carbons (Fsp3) is 0.400. The van der Waals surface area contributed by atoms with Crippen molar-refractivity contribution >= 4 is 11.8 Å². The van der Waals surface area contributed by atoms with Crippen molar-refractivity contribution in [2.24, 2.45) is 0 Å². The number of hydrogen-bond acceptors (Lipinski definition) is 2. The molecule has 1 N–H and O–H groups in total. The van der Waals surface area contributed by atoms with E-state index in [1.807, 2.05) is 18.7 Å². The molecule has 1 fully saturated rings. The van der Waals surface area contributed by atoms with E-state index in [0.29, 0.717) is 10.5 Å². The number of aryl methyl sites for hydroxylation is 2. The Labute approximate surface area is 137 Å². The summed E-state index contributed by atoms with van der Waals surface area (Å²) in [6.07, 6.45) is 1.65. The first-order valence-electron chi connectivity index (χ1n) is 7.94. The number of aliphatic hydroxyl groups is 1. The first-order valence-corrected chi connectivity index (χ1v) is 8.88. The molecule has 0 saturated carbocycles. The van der Waals surface area contributed by atoms with Gasteiger partial charge in [0, 0.05) is 10.5 Å². The third-order valence-corrected chi connectivity index (χ3v) is 6.01. The molecular weight excluding hydrogens is 288 g/mol. The monoisotopic (exact) mass is 312 g/mol. The highest BCUT2D eigenvalue weighted by atomic mass is 32.2. The maximum atomic E-state index is 10.7. The predicted octanol–water partition coefficient (Wildman–Crippen LogP) is 5.36. The second kappa shape index (κ2) is 6.10. The van der Waals surface area contributed by atoms with Crippen LogP contribution < -0.4 is 0 Å². The topological polar surface area (TPSA) is 20.2 Å². The van der Waals surface area contributed by atoms with Gasteiger partial charge in [0.15, 0.2) is 0 Å². The van der Waals surface area contributed by atoms with E-state index in [1.165, 1.54) is 22.3 Å². The maximum Gasteiger partial charge on any atom is 0.0647 e. The number of hydrogen-bond donors (Lipinski definition) is 1. The Kier molecular flexibility index (Phi) is 4.33. The van der Waals surface area contributed by atoms with E-state index < -0.39 is 5.60 Å². The molecule has 0 radical (unpaired) electrons. The normalized spacial score (nSPS) is 28.5. The van der Waals surface area contributed by atoms with Crippen LogP contribution in [-0.4, -0.2) is 10.7 Å². The molecule has 2 aromatic rings. The van der Waals surface area contributed by atoms with E-state index in [1.54, 1.807) is 0 Å². The van der Waals surface area contributed by atoms with Gasteiger partial charge in [0.2, 0.25) is 0 Å². The lowest BCUT2D eigenvalue weighted by molar-refractivity contribution is 0.0365. The van der Waals surface area contributed by atoms with Gasteiger partial charge >= 0.3 is 0 Å². The molecule has 22 heavy (non-hydrogen) atoms. The van der Waals surface area contributed by atoms with Crippen molar-refractivity contribution in [2.75, 3.05) is 0 Å². The average molecular weight is 312 g/mol. The second-order valence-electron chi connectivity index (χ2n) is 6.84. The molecule has 2 aromatic carbocycles. The summed E-state index contributed by atoms with van der Waals surface area (Å²) in [6.45, 7) is 6.21. The summed E-state index contributed by atoms with van der Waals surface area (Å²) in [5.74, 6) is 0. The maximum absolute atomic E-state index is 10.7. The molecule has 3 rings (SSSR count). The number of benzene rings is 2. The zero-order valence-corrected chi connectivity index (χ0v) is 14.4. The standard InChI is InChI=1S/C20H24OS/c1-14-4-8-16(9-5-14)18-12-20(3,21)13-19(22-18)17-10-6-15(2)7-11-17/h4-11,18-19,21H,12-13H2,1-3H3/t18-,19-/m1/s1. The highest BCUT2D eigenvalue weighted by Crippen LogP contribution is 2.53. The van der Waals surface area contributed by atoms with Gasteiger partial charge in [-0.1, -0.05) is 59.7 Å². The van der Waals surface area contributed by atoms with Crippen LogP contribution in [0, 0.1) is 13.8 Å². The molecule has 1 nitrogen and oxygen atoms in total. The van der Waals surface area contributed by atoms with Crippen molar-refractivity contribution in [1.82, 2.24) is 0 Å². The van der Waals surface area contributed by atoms with Gasteiger partial charge in [-0.15, -0.1) is 11.8 Å². The lowest BCUT2D eigenvalue weighted by atomic mass is 9.89. The van der Waals surface area contributed by atoms with Crippen molar-refractivity contribution in [1.29, 1.82) is 0 Å². The van der Waals surface area contributed by atoms with Crippen LogP contribution in [0.3, 0.4) is 0 Å². The molecule has 2 heteroatoms. The third-order valence-electron chi connectivity index (χ3n) is 4.48.